The number of halogens is 2. The first-order valence-corrected chi connectivity index (χ1v) is 11.6. The fourth-order valence-electron chi connectivity index (χ4n) is 2.93. The number of fused-ring (bicyclic) bond motifs is 2. The van der Waals surface area contributed by atoms with Gasteiger partial charge in [0.05, 0.1) is 6.10 Å². The molecule has 1 aliphatic heterocycles. The first-order chi connectivity index (χ1) is 11.3. The fraction of sp³-hybridized carbons (Fsp3) is 0.800. The van der Waals surface area contributed by atoms with Crippen LogP contribution in [0.4, 0.5) is 9.59 Å². The Balaban J connectivity index is 2.34. The van der Waals surface area contributed by atoms with Gasteiger partial charge in [-0.3, -0.25) is 0 Å². The number of hydrogen-bond acceptors (Lipinski definition) is 7. The lowest BCUT2D eigenvalue weighted by atomic mass is 9.82. The predicted octanol–water partition coefficient (Wildman–Crippen LogP) is 3.95. The molecular weight excluding hydrogens is 391 g/mol. The summed E-state index contributed by atoms with van der Waals surface area (Å²) in [5, 5.41) is -0.125. The Hall–Kier alpha value is -0.833. The quantitative estimate of drug-likeness (QED) is 0.298. The zero-order valence-corrected chi connectivity index (χ0v) is 17.3. The van der Waals surface area contributed by atoms with Gasteiger partial charge in [0.1, 0.15) is 6.10 Å². The number of rotatable bonds is 4. The van der Waals surface area contributed by atoms with E-state index >= 15 is 0 Å². The standard InChI is InChI=1S/C15H22Cl2O7Si/c1-14(2,3)25(4,5)24-9-7-15(23-13(17)20)6-8(21-11(15)18)10(9)22-12(16)19/h8-10H,6-7H2,1-5H3/t8-,9?,10+,15-/m1/s1. The third kappa shape index (κ3) is 4.12. The molecule has 2 fully saturated rings. The van der Waals surface area contributed by atoms with Gasteiger partial charge in [0, 0.05) is 36.0 Å². The maximum absolute atomic E-state index is 12.3. The summed E-state index contributed by atoms with van der Waals surface area (Å²) < 4.78 is 21.8. The molecule has 1 aliphatic carbocycles. The highest BCUT2D eigenvalue weighted by Crippen LogP contribution is 2.46. The van der Waals surface area contributed by atoms with Crippen molar-refractivity contribution in [2.45, 2.75) is 75.7 Å². The van der Waals surface area contributed by atoms with Crippen molar-refractivity contribution in [2.24, 2.45) is 0 Å². The molecule has 1 unspecified atom stereocenters. The van der Waals surface area contributed by atoms with Gasteiger partial charge in [-0.1, -0.05) is 20.8 Å². The third-order valence-electron chi connectivity index (χ3n) is 5.18. The molecule has 10 heteroatoms. The number of carbonyl (C=O) groups is 3. The van der Waals surface area contributed by atoms with E-state index in [4.69, 9.17) is 41.8 Å². The zero-order valence-electron chi connectivity index (χ0n) is 14.8. The number of hydrogen-bond donors (Lipinski definition) is 0. The van der Waals surface area contributed by atoms with Crippen molar-refractivity contribution >= 4 is 48.3 Å². The molecule has 0 spiro atoms. The number of esters is 1. The summed E-state index contributed by atoms with van der Waals surface area (Å²) in [6, 6.07) is 0. The molecule has 1 saturated carbocycles. The van der Waals surface area contributed by atoms with Gasteiger partial charge < -0.3 is 18.6 Å². The lowest BCUT2D eigenvalue weighted by Gasteiger charge is -2.44. The van der Waals surface area contributed by atoms with Gasteiger partial charge in [-0.15, -0.1) is 0 Å². The molecule has 2 bridgehead atoms. The summed E-state index contributed by atoms with van der Waals surface area (Å²) in [7, 11) is -2.29. The monoisotopic (exact) mass is 412 g/mol. The molecule has 0 radical (unpaired) electrons. The Labute approximate surface area is 157 Å². The Morgan fingerprint density at radius 2 is 1.80 bits per heavy atom. The van der Waals surface area contributed by atoms with E-state index in [1.807, 2.05) is 13.1 Å². The first-order valence-electron chi connectivity index (χ1n) is 7.91. The lowest BCUT2D eigenvalue weighted by molar-refractivity contribution is -0.154. The minimum absolute atomic E-state index is 0.0118. The Kier molecular flexibility index (Phi) is 5.50. The van der Waals surface area contributed by atoms with E-state index in [9.17, 15) is 14.4 Å². The van der Waals surface area contributed by atoms with E-state index in [1.54, 1.807) is 0 Å². The zero-order chi connectivity index (χ0) is 19.2. The molecule has 0 amide bonds. The van der Waals surface area contributed by atoms with Crippen molar-refractivity contribution in [1.29, 1.82) is 0 Å². The van der Waals surface area contributed by atoms with Crippen LogP contribution in [-0.4, -0.2) is 49.1 Å². The molecule has 25 heavy (non-hydrogen) atoms. The highest BCUT2D eigenvalue weighted by atomic mass is 35.5. The minimum atomic E-state index is -2.29. The number of carbonyl (C=O) groups excluding carboxylic acids is 3. The van der Waals surface area contributed by atoms with Gasteiger partial charge in [-0.05, 0) is 18.1 Å². The van der Waals surface area contributed by atoms with Crippen LogP contribution in [0.25, 0.3) is 0 Å². The van der Waals surface area contributed by atoms with E-state index < -0.39 is 49.1 Å². The second kappa shape index (κ2) is 6.72. The van der Waals surface area contributed by atoms with E-state index in [2.05, 4.69) is 20.8 Å². The molecule has 2 aliphatic rings. The van der Waals surface area contributed by atoms with Gasteiger partial charge in [-0.2, -0.15) is 0 Å². The van der Waals surface area contributed by atoms with Crippen molar-refractivity contribution in [3.63, 3.8) is 0 Å². The average molecular weight is 413 g/mol. The normalized spacial score (nSPS) is 32.1. The van der Waals surface area contributed by atoms with Crippen LogP contribution in [0.3, 0.4) is 0 Å². The maximum atomic E-state index is 12.3. The Morgan fingerprint density at radius 1 is 1.20 bits per heavy atom. The van der Waals surface area contributed by atoms with Crippen LogP contribution < -0.4 is 0 Å². The van der Waals surface area contributed by atoms with Crippen LogP contribution >= 0.6 is 23.2 Å². The van der Waals surface area contributed by atoms with E-state index in [-0.39, 0.29) is 17.9 Å². The van der Waals surface area contributed by atoms with Crippen LogP contribution in [0.1, 0.15) is 33.6 Å². The molecular formula is C15H22Cl2O7Si. The summed E-state index contributed by atoms with van der Waals surface area (Å²) in [5.41, 5.74) is -3.64. The van der Waals surface area contributed by atoms with Crippen molar-refractivity contribution < 1.29 is 33.0 Å². The molecule has 142 valence electrons. The Bertz CT molecular complexity index is 589. The highest BCUT2D eigenvalue weighted by Gasteiger charge is 2.63. The summed E-state index contributed by atoms with van der Waals surface area (Å²) in [5.74, 6) is -0.719. The maximum Gasteiger partial charge on any atom is 0.404 e. The van der Waals surface area contributed by atoms with E-state index in [0.29, 0.717) is 0 Å². The van der Waals surface area contributed by atoms with Gasteiger partial charge in [0.15, 0.2) is 14.4 Å². The van der Waals surface area contributed by atoms with E-state index in [0.717, 1.165) is 0 Å². The van der Waals surface area contributed by atoms with Gasteiger partial charge >= 0.3 is 16.8 Å². The van der Waals surface area contributed by atoms with Crippen LogP contribution in [0, 0.1) is 0 Å². The Morgan fingerprint density at radius 3 is 2.28 bits per heavy atom. The SMILES string of the molecule is CC(C)(C)[Si](C)(C)OC1C[C@]2(OC(=O)Cl)C[C@@H](OC2=O)[C@@H]1OC(=O)Cl. The molecule has 7 nitrogen and oxygen atoms in total. The van der Waals surface area contributed by atoms with Crippen LogP contribution in [-0.2, 0) is 23.4 Å². The first kappa shape index (κ1) is 20.5. The highest BCUT2D eigenvalue weighted by molar-refractivity contribution is 6.74. The van der Waals surface area contributed by atoms with Crippen molar-refractivity contribution in [3.8, 4) is 0 Å². The van der Waals surface area contributed by atoms with Crippen LogP contribution in [0.2, 0.25) is 18.1 Å². The summed E-state index contributed by atoms with van der Waals surface area (Å²) in [6.07, 6.45) is -2.36. The van der Waals surface area contributed by atoms with E-state index in [1.165, 1.54) is 0 Å². The molecule has 1 heterocycles. The van der Waals surface area contributed by atoms with Crippen LogP contribution in [0.5, 0.6) is 0 Å². The topological polar surface area (TPSA) is 88.1 Å². The van der Waals surface area contributed by atoms with Gasteiger partial charge in [0.25, 0.3) is 0 Å². The van der Waals surface area contributed by atoms with Gasteiger partial charge in [-0.25, -0.2) is 14.4 Å². The summed E-state index contributed by atoms with van der Waals surface area (Å²) in [4.78, 5) is 34.8. The van der Waals surface area contributed by atoms with Crippen molar-refractivity contribution in [3.05, 3.63) is 0 Å². The molecule has 2 rings (SSSR count). The molecule has 0 aromatic heterocycles. The molecule has 1 saturated heterocycles. The lowest BCUT2D eigenvalue weighted by Crippen LogP contribution is -2.56. The molecule has 0 aromatic carbocycles. The minimum Gasteiger partial charge on any atom is -0.455 e. The van der Waals surface area contributed by atoms with Crippen molar-refractivity contribution in [1.82, 2.24) is 0 Å². The molecule has 4 atom stereocenters. The van der Waals surface area contributed by atoms with Crippen molar-refractivity contribution in [2.75, 3.05) is 0 Å². The second-order valence-electron chi connectivity index (χ2n) is 7.92. The average Bonchev–Trinajstić information content (AvgIpc) is 2.64. The summed E-state index contributed by atoms with van der Waals surface area (Å²) in [6.45, 7) is 10.2. The molecule has 0 aromatic rings. The van der Waals surface area contributed by atoms with Gasteiger partial charge in [0.2, 0.25) is 5.60 Å². The molecule has 0 N–H and O–H groups in total. The van der Waals surface area contributed by atoms with Crippen LogP contribution in [0.15, 0.2) is 0 Å². The predicted molar refractivity (Wildman–Crippen MR) is 92.4 cm³/mol. The largest absolute Gasteiger partial charge is 0.455 e. The number of ether oxygens (including phenoxy) is 3. The summed E-state index contributed by atoms with van der Waals surface area (Å²) >= 11 is 10.7. The third-order valence-corrected chi connectivity index (χ3v) is 9.85. The fourth-order valence-corrected chi connectivity index (χ4v) is 4.51. The second-order valence-corrected chi connectivity index (χ2v) is 13.3. The smallest absolute Gasteiger partial charge is 0.404 e.